The Morgan fingerprint density at radius 2 is 1.71 bits per heavy atom. The summed E-state index contributed by atoms with van der Waals surface area (Å²) in [6.07, 6.45) is 0.633. The number of aromatic amines is 1. The molecule has 0 saturated heterocycles. The minimum absolute atomic E-state index is 0.0771. The molecule has 4 aromatic rings. The summed E-state index contributed by atoms with van der Waals surface area (Å²) in [6.45, 7) is 6.09. The van der Waals surface area contributed by atoms with E-state index in [1.807, 2.05) is 44.2 Å². The second-order valence-electron chi connectivity index (χ2n) is 10.3. The number of rotatable bonds is 6. The zero-order valence-electron chi connectivity index (χ0n) is 22.9. The molecule has 5 rings (SSSR count). The van der Waals surface area contributed by atoms with Gasteiger partial charge in [0, 0.05) is 40.7 Å². The highest BCUT2D eigenvalue weighted by atomic mass is 19.1. The predicted molar refractivity (Wildman–Crippen MR) is 151 cm³/mol. The van der Waals surface area contributed by atoms with Crippen molar-refractivity contribution in [3.63, 3.8) is 0 Å². The van der Waals surface area contributed by atoms with Crippen LogP contribution in [0.5, 0.6) is 5.75 Å². The highest BCUT2D eigenvalue weighted by Gasteiger charge is 2.37. The summed E-state index contributed by atoms with van der Waals surface area (Å²) in [6, 6.07) is 19.6. The van der Waals surface area contributed by atoms with Crippen LogP contribution in [0.2, 0.25) is 0 Å². The minimum atomic E-state index is -0.844. The van der Waals surface area contributed by atoms with Crippen LogP contribution in [0.4, 0.5) is 9.18 Å². The standard InChI is InChI=1S/C32H29FN2O6/c1-4-39-30(37)25-17-35(29(36)21-10-12-22(33)13-11-21)19-32(2,3)27-24-15-14-23(16-26(24)34-28(25)27)41-31(38)40-18-20-8-6-5-7-9-20/h5-17,34H,4,18-19H2,1-3H3. The van der Waals surface area contributed by atoms with Crippen molar-refractivity contribution in [1.29, 1.82) is 0 Å². The van der Waals surface area contributed by atoms with E-state index in [1.165, 1.54) is 35.4 Å². The van der Waals surface area contributed by atoms with E-state index in [2.05, 4.69) is 4.98 Å². The monoisotopic (exact) mass is 556 g/mol. The summed E-state index contributed by atoms with van der Waals surface area (Å²) < 4.78 is 29.5. The summed E-state index contributed by atoms with van der Waals surface area (Å²) in [7, 11) is 0. The van der Waals surface area contributed by atoms with E-state index in [4.69, 9.17) is 14.2 Å². The third kappa shape index (κ3) is 5.84. The number of amides is 1. The Labute approximate surface area is 236 Å². The van der Waals surface area contributed by atoms with Gasteiger partial charge in [-0.3, -0.25) is 4.79 Å². The van der Waals surface area contributed by atoms with Gasteiger partial charge in [0.1, 0.15) is 18.2 Å². The Bertz CT molecular complexity index is 1640. The molecule has 9 heteroatoms. The summed E-state index contributed by atoms with van der Waals surface area (Å²) >= 11 is 0. The van der Waals surface area contributed by atoms with Crippen LogP contribution in [0.1, 0.15) is 48.0 Å². The zero-order valence-corrected chi connectivity index (χ0v) is 22.9. The van der Waals surface area contributed by atoms with Crippen molar-refractivity contribution in [2.24, 2.45) is 0 Å². The molecule has 1 aromatic heterocycles. The van der Waals surface area contributed by atoms with E-state index >= 15 is 0 Å². The number of esters is 1. The molecule has 0 radical (unpaired) electrons. The van der Waals surface area contributed by atoms with Crippen LogP contribution in [0.25, 0.3) is 16.5 Å². The molecule has 3 aromatic carbocycles. The van der Waals surface area contributed by atoms with Gasteiger partial charge in [-0.2, -0.15) is 0 Å². The summed E-state index contributed by atoms with van der Waals surface area (Å²) in [5.41, 5.74) is 2.60. The van der Waals surface area contributed by atoms with Crippen molar-refractivity contribution in [2.45, 2.75) is 32.8 Å². The summed E-state index contributed by atoms with van der Waals surface area (Å²) in [5.74, 6) is -1.16. The molecule has 0 spiro atoms. The fraction of sp³-hybridized carbons (Fsp3) is 0.219. The lowest BCUT2D eigenvalue weighted by atomic mass is 9.81. The molecule has 0 fully saturated rings. The third-order valence-electron chi connectivity index (χ3n) is 6.81. The van der Waals surface area contributed by atoms with Crippen LogP contribution in [0.15, 0.2) is 79.0 Å². The number of carbonyl (C=O) groups excluding carboxylic acids is 3. The number of nitrogens with zero attached hydrogens (tertiary/aromatic N) is 1. The van der Waals surface area contributed by atoms with Crippen molar-refractivity contribution >= 4 is 34.5 Å². The fourth-order valence-corrected chi connectivity index (χ4v) is 5.01. The molecule has 0 saturated carbocycles. The van der Waals surface area contributed by atoms with Gasteiger partial charge in [-0.15, -0.1) is 0 Å². The number of fused-ring (bicyclic) bond motifs is 3. The first-order valence-corrected chi connectivity index (χ1v) is 13.2. The molecule has 2 heterocycles. The first kappa shape index (κ1) is 27.6. The van der Waals surface area contributed by atoms with Crippen molar-refractivity contribution < 1.29 is 33.0 Å². The van der Waals surface area contributed by atoms with Crippen molar-refractivity contribution in [1.82, 2.24) is 9.88 Å². The molecule has 0 aliphatic carbocycles. The van der Waals surface area contributed by atoms with Crippen LogP contribution >= 0.6 is 0 Å². The lowest BCUT2D eigenvalue weighted by Crippen LogP contribution is -2.36. The number of aromatic nitrogens is 1. The lowest BCUT2D eigenvalue weighted by molar-refractivity contribution is -0.136. The maximum absolute atomic E-state index is 13.5. The smallest absolute Gasteiger partial charge is 0.462 e. The zero-order chi connectivity index (χ0) is 29.1. The number of nitrogens with one attached hydrogen (secondary N) is 1. The van der Waals surface area contributed by atoms with Crippen LogP contribution in [0, 0.1) is 5.82 Å². The molecule has 1 N–H and O–H groups in total. The van der Waals surface area contributed by atoms with Gasteiger partial charge in [0.25, 0.3) is 5.91 Å². The van der Waals surface area contributed by atoms with Crippen LogP contribution in [0.3, 0.4) is 0 Å². The van der Waals surface area contributed by atoms with E-state index in [1.54, 1.807) is 25.1 Å². The van der Waals surface area contributed by atoms with Crippen LogP contribution in [-0.4, -0.2) is 41.1 Å². The molecule has 0 atom stereocenters. The summed E-state index contributed by atoms with van der Waals surface area (Å²) in [4.78, 5) is 43.7. The van der Waals surface area contributed by atoms with Crippen molar-refractivity contribution in [3.8, 4) is 5.75 Å². The number of H-pyrrole nitrogens is 1. The average Bonchev–Trinajstić information content (AvgIpc) is 3.29. The van der Waals surface area contributed by atoms with E-state index in [9.17, 15) is 18.8 Å². The van der Waals surface area contributed by atoms with E-state index < -0.39 is 23.4 Å². The Morgan fingerprint density at radius 3 is 2.41 bits per heavy atom. The fourth-order valence-electron chi connectivity index (χ4n) is 5.01. The summed E-state index contributed by atoms with van der Waals surface area (Å²) in [5, 5.41) is 0.793. The van der Waals surface area contributed by atoms with E-state index in [0.29, 0.717) is 11.2 Å². The third-order valence-corrected chi connectivity index (χ3v) is 6.81. The van der Waals surface area contributed by atoms with Gasteiger partial charge in [-0.05, 0) is 54.4 Å². The number of carbonyl (C=O) groups is 3. The number of ether oxygens (including phenoxy) is 3. The molecule has 41 heavy (non-hydrogen) atoms. The number of halogens is 1. The minimum Gasteiger partial charge on any atom is -0.462 e. The molecule has 1 amide bonds. The van der Waals surface area contributed by atoms with Crippen LogP contribution < -0.4 is 4.74 Å². The van der Waals surface area contributed by atoms with Crippen molar-refractivity contribution in [2.75, 3.05) is 13.2 Å². The Hall–Kier alpha value is -4.92. The second kappa shape index (κ2) is 11.3. The second-order valence-corrected chi connectivity index (χ2v) is 10.3. The first-order chi connectivity index (χ1) is 19.7. The maximum Gasteiger partial charge on any atom is 0.514 e. The quantitative estimate of drug-likeness (QED) is 0.219. The van der Waals surface area contributed by atoms with Gasteiger partial charge >= 0.3 is 12.1 Å². The average molecular weight is 557 g/mol. The van der Waals surface area contributed by atoms with Crippen LogP contribution in [-0.2, 0) is 26.3 Å². The van der Waals surface area contributed by atoms with Gasteiger partial charge in [0.15, 0.2) is 0 Å². The Morgan fingerprint density at radius 1 is 0.976 bits per heavy atom. The molecule has 8 nitrogen and oxygen atoms in total. The largest absolute Gasteiger partial charge is 0.514 e. The number of benzene rings is 3. The molecular formula is C32H29FN2O6. The molecule has 210 valence electrons. The topological polar surface area (TPSA) is 97.9 Å². The van der Waals surface area contributed by atoms with Gasteiger partial charge in [0.05, 0.1) is 17.9 Å². The van der Waals surface area contributed by atoms with Gasteiger partial charge in [-0.25, -0.2) is 14.0 Å². The predicted octanol–water partition coefficient (Wildman–Crippen LogP) is 6.36. The van der Waals surface area contributed by atoms with E-state index in [0.717, 1.165) is 16.5 Å². The first-order valence-electron chi connectivity index (χ1n) is 13.2. The van der Waals surface area contributed by atoms with Gasteiger partial charge in [0.2, 0.25) is 0 Å². The number of hydrogen-bond acceptors (Lipinski definition) is 6. The van der Waals surface area contributed by atoms with Crippen molar-refractivity contribution in [3.05, 3.63) is 107 Å². The van der Waals surface area contributed by atoms with Gasteiger partial charge in [-0.1, -0.05) is 44.2 Å². The molecular weight excluding hydrogens is 527 g/mol. The highest BCUT2D eigenvalue weighted by Crippen LogP contribution is 2.41. The molecule has 0 bridgehead atoms. The lowest BCUT2D eigenvalue weighted by Gasteiger charge is -2.29. The SMILES string of the molecule is CCOC(=O)C1=CN(C(=O)c2ccc(F)cc2)CC(C)(C)c2c1[nH]c1cc(OC(=O)OCc3ccccc3)ccc21. The van der Waals surface area contributed by atoms with Gasteiger partial charge < -0.3 is 24.1 Å². The molecule has 0 unspecified atom stereocenters. The molecule has 1 aliphatic rings. The normalized spacial score (nSPS) is 14.0. The Kier molecular flexibility index (Phi) is 7.61. The maximum atomic E-state index is 13.5. The highest BCUT2D eigenvalue weighted by molar-refractivity contribution is 6.18. The molecule has 1 aliphatic heterocycles. The Balaban J connectivity index is 1.49. The number of hydrogen-bond donors (Lipinski definition) is 1. The van der Waals surface area contributed by atoms with E-state index in [-0.39, 0.29) is 42.6 Å².